The van der Waals surface area contributed by atoms with Gasteiger partial charge in [0.05, 0.1) is 11.3 Å². The van der Waals surface area contributed by atoms with Crippen LogP contribution in [0.3, 0.4) is 0 Å². The zero-order chi connectivity index (χ0) is 21.7. The van der Waals surface area contributed by atoms with Crippen molar-refractivity contribution in [3.63, 3.8) is 0 Å². The summed E-state index contributed by atoms with van der Waals surface area (Å²) in [7, 11) is 2.03. The molecule has 2 aliphatic rings. The molecule has 2 amide bonds. The number of rotatable bonds is 3. The summed E-state index contributed by atoms with van der Waals surface area (Å²) in [5.41, 5.74) is 4.92. The van der Waals surface area contributed by atoms with Crippen LogP contribution in [0.4, 0.5) is 0 Å². The number of carbonyl (C=O) groups excluding carboxylic acids is 2. The first-order valence-corrected chi connectivity index (χ1v) is 11.2. The van der Waals surface area contributed by atoms with Gasteiger partial charge in [0.1, 0.15) is 0 Å². The maximum Gasteiger partial charge on any atom is 0.254 e. The van der Waals surface area contributed by atoms with E-state index in [4.69, 9.17) is 0 Å². The summed E-state index contributed by atoms with van der Waals surface area (Å²) in [6.07, 6.45) is 3.76. The molecule has 5 heteroatoms. The van der Waals surface area contributed by atoms with E-state index in [0.717, 1.165) is 59.0 Å². The van der Waals surface area contributed by atoms with Crippen LogP contribution in [0, 0.1) is 6.92 Å². The molecule has 0 saturated carbocycles. The number of hydrogen-bond acceptors (Lipinski definition) is 2. The minimum absolute atomic E-state index is 0.0178. The summed E-state index contributed by atoms with van der Waals surface area (Å²) >= 11 is 0. The Labute approximate surface area is 183 Å². The van der Waals surface area contributed by atoms with Crippen LogP contribution in [0.1, 0.15) is 48.5 Å². The van der Waals surface area contributed by atoms with Crippen molar-refractivity contribution in [3.05, 3.63) is 59.7 Å². The van der Waals surface area contributed by atoms with Gasteiger partial charge >= 0.3 is 0 Å². The molecule has 5 rings (SSSR count). The summed E-state index contributed by atoms with van der Waals surface area (Å²) in [5.74, 6) is 0.142. The van der Waals surface area contributed by atoms with Crippen molar-refractivity contribution in [1.29, 1.82) is 0 Å². The number of nitrogens with one attached hydrogen (secondary N) is 1. The van der Waals surface area contributed by atoms with Crippen LogP contribution in [0.25, 0.3) is 22.2 Å². The Hall–Kier alpha value is -3.08. The van der Waals surface area contributed by atoms with Gasteiger partial charge in [0, 0.05) is 43.0 Å². The van der Waals surface area contributed by atoms with Crippen LogP contribution < -0.4 is 5.32 Å². The second-order valence-corrected chi connectivity index (χ2v) is 9.12. The van der Waals surface area contributed by atoms with E-state index in [0.29, 0.717) is 0 Å². The normalized spacial score (nSPS) is 22.7. The molecule has 2 aromatic carbocycles. The van der Waals surface area contributed by atoms with Gasteiger partial charge in [-0.15, -0.1) is 0 Å². The first kappa shape index (κ1) is 19.9. The smallest absolute Gasteiger partial charge is 0.254 e. The van der Waals surface area contributed by atoms with Gasteiger partial charge in [0.2, 0.25) is 5.91 Å². The molecule has 1 N–H and O–H groups in total. The minimum atomic E-state index is -0.0178. The molecular weight excluding hydrogens is 386 g/mol. The number of nitrogens with zero attached hydrogens (tertiary/aromatic N) is 2. The van der Waals surface area contributed by atoms with E-state index in [9.17, 15) is 9.59 Å². The molecule has 3 aromatic rings. The summed E-state index contributed by atoms with van der Waals surface area (Å²) < 4.78 is 2.13. The quantitative estimate of drug-likeness (QED) is 0.688. The number of carbonyl (C=O) groups is 2. The van der Waals surface area contributed by atoms with E-state index < -0.39 is 0 Å². The molecule has 2 saturated heterocycles. The SMILES string of the molecule is CC(=O)N1[C@@H]2CC[C@H]1C[C@@H](NC(=O)c1c(-c3ccccc3)n(C)c3ccc(C)cc13)C2. The monoisotopic (exact) mass is 415 g/mol. The molecule has 0 aliphatic carbocycles. The lowest BCUT2D eigenvalue weighted by atomic mass is 9.96. The molecule has 160 valence electrons. The third-order valence-electron chi connectivity index (χ3n) is 7.06. The van der Waals surface area contributed by atoms with E-state index in [1.807, 2.05) is 30.1 Å². The van der Waals surface area contributed by atoms with Gasteiger partial charge in [-0.3, -0.25) is 9.59 Å². The molecule has 3 atom stereocenters. The highest BCUT2D eigenvalue weighted by atomic mass is 16.2. The number of aryl methyl sites for hydroxylation is 2. The Morgan fingerprint density at radius 1 is 1.00 bits per heavy atom. The standard InChI is InChI=1S/C26H29N3O2/c1-16-9-12-23-22(13-16)24(25(28(23)3)18-7-5-4-6-8-18)26(31)27-19-14-20-10-11-21(15-19)29(20)17(2)30/h4-9,12-13,19-21H,10-11,14-15H2,1-3H3,(H,27,31)/t19-,20+,21-. The molecule has 2 fully saturated rings. The van der Waals surface area contributed by atoms with Crippen molar-refractivity contribution < 1.29 is 9.59 Å². The zero-order valence-corrected chi connectivity index (χ0v) is 18.4. The zero-order valence-electron chi connectivity index (χ0n) is 18.4. The summed E-state index contributed by atoms with van der Waals surface area (Å²) in [6, 6.07) is 17.0. The molecule has 5 nitrogen and oxygen atoms in total. The average molecular weight is 416 g/mol. The predicted molar refractivity (Wildman–Crippen MR) is 123 cm³/mol. The largest absolute Gasteiger partial charge is 0.349 e. The highest BCUT2D eigenvalue weighted by molar-refractivity contribution is 6.13. The highest BCUT2D eigenvalue weighted by Gasteiger charge is 2.42. The van der Waals surface area contributed by atoms with E-state index in [-0.39, 0.29) is 29.9 Å². The molecule has 3 heterocycles. The molecule has 0 spiro atoms. The minimum Gasteiger partial charge on any atom is -0.349 e. The summed E-state index contributed by atoms with van der Waals surface area (Å²) in [6.45, 7) is 3.72. The number of hydrogen-bond donors (Lipinski definition) is 1. The van der Waals surface area contributed by atoms with Crippen LogP contribution in [0.5, 0.6) is 0 Å². The van der Waals surface area contributed by atoms with Gasteiger partial charge in [0.25, 0.3) is 5.91 Å². The van der Waals surface area contributed by atoms with Crippen LogP contribution >= 0.6 is 0 Å². The van der Waals surface area contributed by atoms with Crippen LogP contribution in [0.2, 0.25) is 0 Å². The third kappa shape index (κ3) is 3.32. The lowest BCUT2D eigenvalue weighted by Crippen LogP contribution is -2.51. The van der Waals surface area contributed by atoms with Crippen molar-refractivity contribution in [3.8, 4) is 11.3 Å². The van der Waals surface area contributed by atoms with Gasteiger partial charge in [0.15, 0.2) is 0 Å². The fraction of sp³-hybridized carbons (Fsp3) is 0.385. The Morgan fingerprint density at radius 3 is 2.32 bits per heavy atom. The Kier molecular flexibility index (Phi) is 4.84. The molecule has 1 aromatic heterocycles. The Morgan fingerprint density at radius 2 is 1.68 bits per heavy atom. The second-order valence-electron chi connectivity index (χ2n) is 9.12. The van der Waals surface area contributed by atoms with Gasteiger partial charge < -0.3 is 14.8 Å². The lowest BCUT2D eigenvalue weighted by Gasteiger charge is -2.38. The molecule has 0 radical (unpaired) electrons. The second kappa shape index (κ2) is 7.56. The lowest BCUT2D eigenvalue weighted by molar-refractivity contribution is -0.133. The molecule has 31 heavy (non-hydrogen) atoms. The number of benzene rings is 2. The van der Waals surface area contributed by atoms with E-state index in [1.54, 1.807) is 6.92 Å². The van der Waals surface area contributed by atoms with Gasteiger partial charge in [-0.25, -0.2) is 0 Å². The molecular formula is C26H29N3O2. The molecule has 2 bridgehead atoms. The van der Waals surface area contributed by atoms with Crippen LogP contribution in [-0.2, 0) is 11.8 Å². The number of amides is 2. The first-order chi connectivity index (χ1) is 14.9. The van der Waals surface area contributed by atoms with E-state index >= 15 is 0 Å². The summed E-state index contributed by atoms with van der Waals surface area (Å²) in [4.78, 5) is 27.8. The number of piperidine rings is 1. The Bertz CT molecular complexity index is 1150. The van der Waals surface area contributed by atoms with E-state index in [2.05, 4.69) is 47.1 Å². The topological polar surface area (TPSA) is 54.3 Å². The Balaban J connectivity index is 1.52. The predicted octanol–water partition coefficient (Wildman–Crippen LogP) is 4.43. The van der Waals surface area contributed by atoms with E-state index in [1.165, 1.54) is 0 Å². The molecule has 2 aliphatic heterocycles. The number of aromatic nitrogens is 1. The van der Waals surface area contributed by atoms with Crippen molar-refractivity contribution in [2.24, 2.45) is 7.05 Å². The third-order valence-corrected chi connectivity index (χ3v) is 7.06. The highest BCUT2D eigenvalue weighted by Crippen LogP contribution is 2.37. The number of fused-ring (bicyclic) bond motifs is 3. The maximum atomic E-state index is 13.7. The van der Waals surface area contributed by atoms with Gasteiger partial charge in [-0.2, -0.15) is 0 Å². The van der Waals surface area contributed by atoms with Crippen LogP contribution in [-0.4, -0.2) is 39.4 Å². The van der Waals surface area contributed by atoms with Crippen molar-refractivity contribution >= 4 is 22.7 Å². The first-order valence-electron chi connectivity index (χ1n) is 11.2. The summed E-state index contributed by atoms with van der Waals surface area (Å²) in [5, 5.41) is 4.33. The van der Waals surface area contributed by atoms with Crippen molar-refractivity contribution in [1.82, 2.24) is 14.8 Å². The van der Waals surface area contributed by atoms with Gasteiger partial charge in [-0.05, 0) is 50.3 Å². The van der Waals surface area contributed by atoms with Crippen molar-refractivity contribution in [2.45, 2.75) is 57.7 Å². The van der Waals surface area contributed by atoms with Gasteiger partial charge in [-0.1, -0.05) is 42.0 Å². The fourth-order valence-corrected chi connectivity index (χ4v) is 5.79. The maximum absolute atomic E-state index is 13.7. The van der Waals surface area contributed by atoms with Crippen LogP contribution in [0.15, 0.2) is 48.5 Å². The van der Waals surface area contributed by atoms with Crippen molar-refractivity contribution in [2.75, 3.05) is 0 Å². The average Bonchev–Trinajstić information content (AvgIpc) is 3.19. The fourth-order valence-electron chi connectivity index (χ4n) is 5.79. The molecule has 0 unspecified atom stereocenters.